The van der Waals surface area contributed by atoms with Crippen molar-refractivity contribution in [2.75, 3.05) is 5.01 Å². The first kappa shape index (κ1) is 20.1. The molecule has 0 unspecified atom stereocenters. The Balaban J connectivity index is 2.07. The lowest BCUT2D eigenvalue weighted by atomic mass is 10.1. The SMILES string of the molecule is Cc1ccc(C)n1N(Cc1ccc(Cl)cc1Cl)C(=O)c1ccc(Cl)c(Cl)c1. The summed E-state index contributed by atoms with van der Waals surface area (Å²) in [6.07, 6.45) is 0. The molecule has 3 aromatic rings. The lowest BCUT2D eigenvalue weighted by molar-refractivity contribution is 0.0954. The third-order valence-corrected chi connectivity index (χ3v) is 5.54. The van der Waals surface area contributed by atoms with Gasteiger partial charge in [-0.05, 0) is 61.9 Å². The van der Waals surface area contributed by atoms with Gasteiger partial charge in [0, 0.05) is 27.0 Å². The summed E-state index contributed by atoms with van der Waals surface area (Å²) in [5, 5.41) is 3.39. The van der Waals surface area contributed by atoms with Crippen LogP contribution in [0.5, 0.6) is 0 Å². The molecule has 0 spiro atoms. The molecular weight excluding hydrogens is 426 g/mol. The van der Waals surface area contributed by atoms with Gasteiger partial charge in [0.25, 0.3) is 5.91 Å². The molecule has 1 amide bonds. The maximum Gasteiger partial charge on any atom is 0.273 e. The van der Waals surface area contributed by atoms with Crippen LogP contribution < -0.4 is 5.01 Å². The smallest absolute Gasteiger partial charge is 0.267 e. The molecule has 2 aromatic carbocycles. The molecule has 3 nitrogen and oxygen atoms in total. The number of carbonyl (C=O) groups is 1. The van der Waals surface area contributed by atoms with Gasteiger partial charge < -0.3 is 0 Å². The molecule has 0 aliphatic heterocycles. The molecule has 1 aromatic heterocycles. The minimum atomic E-state index is -0.220. The first-order valence-corrected chi connectivity index (χ1v) is 9.65. The summed E-state index contributed by atoms with van der Waals surface area (Å²) in [7, 11) is 0. The van der Waals surface area contributed by atoms with Crippen LogP contribution in [0.2, 0.25) is 20.1 Å². The first-order valence-electron chi connectivity index (χ1n) is 8.14. The number of hydrogen-bond donors (Lipinski definition) is 0. The van der Waals surface area contributed by atoms with E-state index >= 15 is 0 Å². The monoisotopic (exact) mass is 440 g/mol. The maximum absolute atomic E-state index is 13.3. The summed E-state index contributed by atoms with van der Waals surface area (Å²) in [6.45, 7) is 4.14. The Hall–Kier alpha value is -1.65. The Labute approximate surface area is 178 Å². The van der Waals surface area contributed by atoms with Crippen LogP contribution in [0, 0.1) is 13.8 Å². The molecule has 0 saturated heterocycles. The molecule has 0 bridgehead atoms. The van der Waals surface area contributed by atoms with Crippen LogP contribution in [0.1, 0.15) is 27.3 Å². The van der Waals surface area contributed by atoms with E-state index in [0.717, 1.165) is 17.0 Å². The summed E-state index contributed by atoms with van der Waals surface area (Å²) in [5.74, 6) is -0.220. The van der Waals surface area contributed by atoms with E-state index in [1.54, 1.807) is 35.3 Å². The zero-order valence-electron chi connectivity index (χ0n) is 14.6. The van der Waals surface area contributed by atoms with Crippen LogP contribution in [0.15, 0.2) is 48.5 Å². The fraction of sp³-hybridized carbons (Fsp3) is 0.150. The van der Waals surface area contributed by atoms with Crippen LogP contribution in [-0.4, -0.2) is 10.6 Å². The van der Waals surface area contributed by atoms with Gasteiger partial charge in [-0.15, -0.1) is 0 Å². The Morgan fingerprint density at radius 3 is 2.11 bits per heavy atom. The average Bonchev–Trinajstić information content (AvgIpc) is 2.95. The molecule has 7 heteroatoms. The van der Waals surface area contributed by atoms with Gasteiger partial charge >= 0.3 is 0 Å². The van der Waals surface area contributed by atoms with Crippen molar-refractivity contribution >= 4 is 52.3 Å². The van der Waals surface area contributed by atoms with Crippen LogP contribution >= 0.6 is 46.4 Å². The molecule has 140 valence electrons. The molecule has 0 saturated carbocycles. The van der Waals surface area contributed by atoms with Gasteiger partial charge in [0.2, 0.25) is 0 Å². The van der Waals surface area contributed by atoms with E-state index in [-0.39, 0.29) is 12.5 Å². The van der Waals surface area contributed by atoms with Gasteiger partial charge in [0.1, 0.15) is 0 Å². The summed E-state index contributed by atoms with van der Waals surface area (Å²) < 4.78 is 1.86. The summed E-state index contributed by atoms with van der Waals surface area (Å²) >= 11 is 24.4. The average molecular weight is 442 g/mol. The molecular formula is C20H16Cl4N2O. The van der Waals surface area contributed by atoms with Gasteiger partial charge in [-0.25, -0.2) is 5.01 Å². The van der Waals surface area contributed by atoms with Crippen molar-refractivity contribution in [3.05, 3.63) is 91.1 Å². The lowest BCUT2D eigenvalue weighted by Gasteiger charge is -2.28. The van der Waals surface area contributed by atoms with Gasteiger partial charge in [-0.3, -0.25) is 9.47 Å². The standard InChI is InChI=1S/C20H16Cl4N2O/c1-12-3-4-13(2)26(12)25(11-15-5-7-16(21)10-18(15)23)20(27)14-6-8-17(22)19(24)9-14/h3-10H,11H2,1-2H3. The lowest BCUT2D eigenvalue weighted by Crippen LogP contribution is -2.41. The molecule has 0 fully saturated rings. The van der Waals surface area contributed by atoms with Crippen LogP contribution in [0.3, 0.4) is 0 Å². The zero-order valence-corrected chi connectivity index (χ0v) is 17.7. The summed E-state index contributed by atoms with van der Waals surface area (Å²) in [5.41, 5.74) is 3.06. The second kappa shape index (κ2) is 8.15. The highest BCUT2D eigenvalue weighted by molar-refractivity contribution is 6.42. The molecule has 27 heavy (non-hydrogen) atoms. The number of benzene rings is 2. The molecule has 0 aliphatic rings. The number of nitrogens with zero attached hydrogens (tertiary/aromatic N) is 2. The zero-order chi connectivity index (χ0) is 19.7. The van der Waals surface area contributed by atoms with Crippen molar-refractivity contribution < 1.29 is 4.79 Å². The van der Waals surface area contributed by atoms with Crippen LogP contribution in [0.25, 0.3) is 0 Å². The second-order valence-electron chi connectivity index (χ2n) is 6.16. The van der Waals surface area contributed by atoms with Crippen LogP contribution in [0.4, 0.5) is 0 Å². The summed E-state index contributed by atoms with van der Waals surface area (Å²) in [6, 6.07) is 14.0. The third kappa shape index (κ3) is 4.27. The minimum Gasteiger partial charge on any atom is -0.267 e. The van der Waals surface area contributed by atoms with Gasteiger partial charge in [0.15, 0.2) is 0 Å². The quantitative estimate of drug-likeness (QED) is 0.442. The van der Waals surface area contributed by atoms with Crippen LogP contribution in [-0.2, 0) is 6.54 Å². The highest BCUT2D eigenvalue weighted by atomic mass is 35.5. The Morgan fingerprint density at radius 2 is 1.52 bits per heavy atom. The fourth-order valence-corrected chi connectivity index (χ4v) is 3.63. The van der Waals surface area contributed by atoms with Gasteiger partial charge in [0.05, 0.1) is 16.6 Å². The maximum atomic E-state index is 13.3. The number of hydrogen-bond acceptors (Lipinski definition) is 1. The first-order chi connectivity index (χ1) is 12.8. The molecule has 1 heterocycles. The predicted molar refractivity (Wildman–Crippen MR) is 113 cm³/mol. The van der Waals surface area contributed by atoms with Crippen molar-refractivity contribution in [3.63, 3.8) is 0 Å². The Morgan fingerprint density at radius 1 is 0.852 bits per heavy atom. The van der Waals surface area contributed by atoms with Crippen molar-refractivity contribution in [2.45, 2.75) is 20.4 Å². The van der Waals surface area contributed by atoms with Crippen molar-refractivity contribution in [3.8, 4) is 0 Å². The van der Waals surface area contributed by atoms with E-state index in [1.165, 1.54) is 0 Å². The fourth-order valence-electron chi connectivity index (χ4n) is 2.86. The Bertz CT molecular complexity index is 994. The van der Waals surface area contributed by atoms with Crippen molar-refractivity contribution in [2.24, 2.45) is 0 Å². The van der Waals surface area contributed by atoms with Crippen molar-refractivity contribution in [1.82, 2.24) is 4.68 Å². The number of aryl methyl sites for hydroxylation is 2. The third-order valence-electron chi connectivity index (χ3n) is 4.21. The highest BCUT2D eigenvalue weighted by Crippen LogP contribution is 2.26. The summed E-state index contributed by atoms with van der Waals surface area (Å²) in [4.78, 5) is 13.3. The van der Waals surface area contributed by atoms with E-state index in [9.17, 15) is 4.79 Å². The number of rotatable bonds is 4. The minimum absolute atomic E-state index is 0.220. The number of amides is 1. The predicted octanol–water partition coefficient (Wildman–Crippen LogP) is 6.70. The highest BCUT2D eigenvalue weighted by Gasteiger charge is 2.22. The molecule has 0 radical (unpaired) electrons. The Kier molecular flexibility index (Phi) is 6.07. The van der Waals surface area contributed by atoms with Gasteiger partial charge in [-0.2, -0.15) is 0 Å². The largest absolute Gasteiger partial charge is 0.273 e. The van der Waals surface area contributed by atoms with Crippen molar-refractivity contribution in [1.29, 1.82) is 0 Å². The molecule has 0 atom stereocenters. The topological polar surface area (TPSA) is 25.2 Å². The molecule has 3 rings (SSSR count). The molecule has 0 aliphatic carbocycles. The van der Waals surface area contributed by atoms with E-state index in [4.69, 9.17) is 46.4 Å². The number of halogens is 4. The second-order valence-corrected chi connectivity index (χ2v) is 7.81. The van der Waals surface area contributed by atoms with Gasteiger partial charge in [-0.1, -0.05) is 52.5 Å². The number of aromatic nitrogens is 1. The normalized spacial score (nSPS) is 10.9. The van der Waals surface area contributed by atoms with E-state index in [1.807, 2.05) is 36.7 Å². The van der Waals surface area contributed by atoms with E-state index < -0.39 is 0 Å². The molecule has 0 N–H and O–H groups in total. The van der Waals surface area contributed by atoms with E-state index in [0.29, 0.717) is 25.7 Å². The van der Waals surface area contributed by atoms with E-state index in [2.05, 4.69) is 0 Å². The number of carbonyl (C=O) groups excluding carboxylic acids is 1.